The molecule has 1 amide bonds. The van der Waals surface area contributed by atoms with Crippen LogP contribution in [0.3, 0.4) is 0 Å². The van der Waals surface area contributed by atoms with Gasteiger partial charge in [0.15, 0.2) is 0 Å². The van der Waals surface area contributed by atoms with Gasteiger partial charge in [-0.15, -0.1) is 0 Å². The van der Waals surface area contributed by atoms with E-state index in [1.54, 1.807) is 13.0 Å². The molecule has 138 valence electrons. The van der Waals surface area contributed by atoms with E-state index in [0.717, 1.165) is 16.9 Å². The van der Waals surface area contributed by atoms with Crippen molar-refractivity contribution >= 4 is 23.1 Å². The van der Waals surface area contributed by atoms with Gasteiger partial charge in [0.2, 0.25) is 0 Å². The highest BCUT2D eigenvalue weighted by molar-refractivity contribution is 6.03. The van der Waals surface area contributed by atoms with Crippen LogP contribution in [0.1, 0.15) is 47.2 Å². The fourth-order valence-electron chi connectivity index (χ4n) is 2.83. The van der Waals surface area contributed by atoms with E-state index in [2.05, 4.69) is 40.5 Å². The van der Waals surface area contributed by atoms with Crippen LogP contribution in [0.4, 0.5) is 17.2 Å². The Bertz CT molecular complexity index is 949. The zero-order chi connectivity index (χ0) is 19.4. The molecule has 2 N–H and O–H groups in total. The predicted molar refractivity (Wildman–Crippen MR) is 110 cm³/mol. The molecule has 3 rings (SSSR count). The summed E-state index contributed by atoms with van der Waals surface area (Å²) in [5.41, 5.74) is 4.38. The van der Waals surface area contributed by atoms with Gasteiger partial charge < -0.3 is 10.6 Å². The van der Waals surface area contributed by atoms with Crippen molar-refractivity contribution in [2.45, 2.75) is 33.6 Å². The average molecular weight is 360 g/mol. The first-order valence-corrected chi connectivity index (χ1v) is 9.02. The molecule has 1 aromatic heterocycles. The summed E-state index contributed by atoms with van der Waals surface area (Å²) in [4.78, 5) is 21.3. The maximum atomic E-state index is 12.6. The lowest BCUT2D eigenvalue weighted by Gasteiger charge is -2.15. The minimum atomic E-state index is -0.260. The summed E-state index contributed by atoms with van der Waals surface area (Å²) in [6, 6.07) is 17.4. The summed E-state index contributed by atoms with van der Waals surface area (Å²) in [6.07, 6.45) is 0. The summed E-state index contributed by atoms with van der Waals surface area (Å²) in [5.74, 6) is 1.26. The molecule has 1 heterocycles. The maximum Gasteiger partial charge on any atom is 0.274 e. The standard InChI is InChI=1S/C22H24N4O/c1-14(2)18-7-5-6-8-19(18)26-21-13-20(23-16(4)24-21)22(27)25-17-11-9-15(3)10-12-17/h5-14H,1-4H3,(H,25,27)(H,23,24,26). The Hall–Kier alpha value is -3.21. The minimum absolute atomic E-state index is 0.260. The third-order valence-electron chi connectivity index (χ3n) is 4.23. The van der Waals surface area contributed by atoms with Gasteiger partial charge in [-0.3, -0.25) is 4.79 Å². The number of para-hydroxylation sites is 1. The highest BCUT2D eigenvalue weighted by Crippen LogP contribution is 2.26. The van der Waals surface area contributed by atoms with E-state index in [-0.39, 0.29) is 5.91 Å². The van der Waals surface area contributed by atoms with E-state index in [4.69, 9.17) is 0 Å². The van der Waals surface area contributed by atoms with Crippen LogP contribution in [0.5, 0.6) is 0 Å². The topological polar surface area (TPSA) is 66.9 Å². The molecule has 0 bridgehead atoms. The van der Waals surface area contributed by atoms with Crippen molar-refractivity contribution in [1.82, 2.24) is 9.97 Å². The monoisotopic (exact) mass is 360 g/mol. The predicted octanol–water partition coefficient (Wildman–Crippen LogP) is 5.21. The van der Waals surface area contributed by atoms with Crippen molar-refractivity contribution in [2.24, 2.45) is 0 Å². The molecule has 27 heavy (non-hydrogen) atoms. The molecule has 0 aliphatic carbocycles. The van der Waals surface area contributed by atoms with Crippen molar-refractivity contribution in [3.63, 3.8) is 0 Å². The van der Waals surface area contributed by atoms with E-state index in [9.17, 15) is 4.79 Å². The van der Waals surface area contributed by atoms with Crippen molar-refractivity contribution in [3.8, 4) is 0 Å². The van der Waals surface area contributed by atoms with Crippen LogP contribution in [0.25, 0.3) is 0 Å². The molecule has 0 unspecified atom stereocenters. The van der Waals surface area contributed by atoms with Gasteiger partial charge in [-0.2, -0.15) is 0 Å². The van der Waals surface area contributed by atoms with Crippen LogP contribution >= 0.6 is 0 Å². The number of amides is 1. The van der Waals surface area contributed by atoms with Crippen LogP contribution in [-0.2, 0) is 0 Å². The van der Waals surface area contributed by atoms with Crippen LogP contribution in [0.15, 0.2) is 54.6 Å². The molecular formula is C22H24N4O. The van der Waals surface area contributed by atoms with Crippen LogP contribution in [0.2, 0.25) is 0 Å². The lowest BCUT2D eigenvalue weighted by Crippen LogP contribution is -2.15. The van der Waals surface area contributed by atoms with E-state index in [0.29, 0.717) is 23.3 Å². The molecule has 2 aromatic carbocycles. The van der Waals surface area contributed by atoms with Gasteiger partial charge in [0.05, 0.1) is 0 Å². The number of nitrogens with zero attached hydrogens (tertiary/aromatic N) is 2. The van der Waals surface area contributed by atoms with E-state index >= 15 is 0 Å². The zero-order valence-electron chi connectivity index (χ0n) is 16.1. The number of hydrogen-bond donors (Lipinski definition) is 2. The molecular weight excluding hydrogens is 336 g/mol. The average Bonchev–Trinajstić information content (AvgIpc) is 2.63. The Morgan fingerprint density at radius 2 is 1.67 bits per heavy atom. The van der Waals surface area contributed by atoms with Gasteiger partial charge in [0, 0.05) is 17.4 Å². The van der Waals surface area contributed by atoms with Gasteiger partial charge in [-0.05, 0) is 43.5 Å². The fraction of sp³-hybridized carbons (Fsp3) is 0.227. The molecule has 5 nitrogen and oxygen atoms in total. The van der Waals surface area contributed by atoms with Crippen LogP contribution in [-0.4, -0.2) is 15.9 Å². The van der Waals surface area contributed by atoms with E-state index < -0.39 is 0 Å². The maximum absolute atomic E-state index is 12.6. The van der Waals surface area contributed by atoms with E-state index in [1.807, 2.05) is 49.4 Å². The largest absolute Gasteiger partial charge is 0.340 e. The Kier molecular flexibility index (Phi) is 5.50. The Labute approximate surface area is 159 Å². The lowest BCUT2D eigenvalue weighted by atomic mass is 10.0. The van der Waals surface area contributed by atoms with E-state index in [1.165, 1.54) is 5.56 Å². The normalized spacial score (nSPS) is 10.7. The minimum Gasteiger partial charge on any atom is -0.340 e. The van der Waals surface area contributed by atoms with Crippen molar-refractivity contribution in [3.05, 3.63) is 77.2 Å². The van der Waals surface area contributed by atoms with Gasteiger partial charge in [0.1, 0.15) is 17.3 Å². The number of anilines is 3. The number of aromatic nitrogens is 2. The summed E-state index contributed by atoms with van der Waals surface area (Å²) in [5, 5.41) is 6.21. The highest BCUT2D eigenvalue weighted by atomic mass is 16.1. The van der Waals surface area contributed by atoms with Crippen molar-refractivity contribution in [1.29, 1.82) is 0 Å². The second kappa shape index (κ2) is 7.99. The summed E-state index contributed by atoms with van der Waals surface area (Å²) in [7, 11) is 0. The number of benzene rings is 2. The third kappa shape index (κ3) is 4.70. The lowest BCUT2D eigenvalue weighted by molar-refractivity contribution is 0.102. The molecule has 0 spiro atoms. The van der Waals surface area contributed by atoms with Gasteiger partial charge >= 0.3 is 0 Å². The van der Waals surface area contributed by atoms with Crippen LogP contribution in [0, 0.1) is 13.8 Å². The van der Waals surface area contributed by atoms with Gasteiger partial charge in [-0.1, -0.05) is 49.7 Å². The Morgan fingerprint density at radius 3 is 2.37 bits per heavy atom. The molecule has 5 heteroatoms. The highest BCUT2D eigenvalue weighted by Gasteiger charge is 2.13. The molecule has 0 aliphatic heterocycles. The molecule has 0 aliphatic rings. The second-order valence-corrected chi connectivity index (χ2v) is 6.87. The molecule has 0 atom stereocenters. The number of carbonyl (C=O) groups is 1. The van der Waals surface area contributed by atoms with Crippen molar-refractivity contribution < 1.29 is 4.79 Å². The SMILES string of the molecule is Cc1ccc(NC(=O)c2cc(Nc3ccccc3C(C)C)nc(C)n2)cc1. The van der Waals surface area contributed by atoms with Crippen molar-refractivity contribution in [2.75, 3.05) is 10.6 Å². The van der Waals surface area contributed by atoms with Gasteiger partial charge in [0.25, 0.3) is 5.91 Å². The summed E-state index contributed by atoms with van der Waals surface area (Å²) >= 11 is 0. The first kappa shape index (κ1) is 18.6. The quantitative estimate of drug-likeness (QED) is 0.655. The summed E-state index contributed by atoms with van der Waals surface area (Å²) < 4.78 is 0. The van der Waals surface area contributed by atoms with Gasteiger partial charge in [-0.25, -0.2) is 9.97 Å². The first-order chi connectivity index (χ1) is 12.9. The molecule has 0 saturated carbocycles. The number of hydrogen-bond acceptors (Lipinski definition) is 4. The summed E-state index contributed by atoms with van der Waals surface area (Å²) in [6.45, 7) is 8.08. The fourth-order valence-corrected chi connectivity index (χ4v) is 2.83. The molecule has 0 fully saturated rings. The number of rotatable bonds is 5. The molecule has 0 radical (unpaired) electrons. The smallest absolute Gasteiger partial charge is 0.274 e. The third-order valence-corrected chi connectivity index (χ3v) is 4.23. The zero-order valence-corrected chi connectivity index (χ0v) is 16.1. The number of aryl methyl sites for hydroxylation is 2. The van der Waals surface area contributed by atoms with Crippen LogP contribution < -0.4 is 10.6 Å². The Balaban J connectivity index is 1.84. The first-order valence-electron chi connectivity index (χ1n) is 9.02. The molecule has 3 aromatic rings. The number of carbonyl (C=O) groups excluding carboxylic acids is 1. The number of nitrogens with one attached hydrogen (secondary N) is 2. The Morgan fingerprint density at radius 1 is 0.963 bits per heavy atom. The molecule has 0 saturated heterocycles. The second-order valence-electron chi connectivity index (χ2n) is 6.87.